The molecule has 0 aromatic heterocycles. The van der Waals surface area contributed by atoms with Crippen molar-refractivity contribution < 1.29 is 23.9 Å². The summed E-state index contributed by atoms with van der Waals surface area (Å²) < 4.78 is 4.49. The Morgan fingerprint density at radius 3 is 2.04 bits per heavy atom. The van der Waals surface area contributed by atoms with Crippen LogP contribution < -0.4 is 10.6 Å². The van der Waals surface area contributed by atoms with Gasteiger partial charge in [-0.2, -0.15) is 0 Å². The minimum Gasteiger partial charge on any atom is -0.386 e. The molecule has 2 N–H and O–H groups in total. The van der Waals surface area contributed by atoms with E-state index >= 15 is 0 Å². The second-order valence-electron chi connectivity index (χ2n) is 5.15. The monoisotopic (exact) mass is 324 g/mol. The van der Waals surface area contributed by atoms with E-state index < -0.39 is 17.8 Å². The summed E-state index contributed by atoms with van der Waals surface area (Å²) in [5, 5.41) is 5.29. The fraction of sp³-hybridized carbons (Fsp3) is 0.0588. The standard InChI is InChI=1S/C17H12N2O5/c1-9(20)18-11-3-5-12(6-4-11)19-15(21)10-2-7-13-14(8-10)17(23)24-16(13)22/h2-8H,1H3,(H,18,20)(H,19,21). The second kappa shape index (κ2) is 5.96. The van der Waals surface area contributed by atoms with E-state index in [0.29, 0.717) is 11.4 Å². The van der Waals surface area contributed by atoms with Crippen LogP contribution in [0.1, 0.15) is 38.0 Å². The molecule has 1 aliphatic heterocycles. The van der Waals surface area contributed by atoms with Crippen LogP contribution in [-0.2, 0) is 9.53 Å². The van der Waals surface area contributed by atoms with Gasteiger partial charge < -0.3 is 15.4 Å². The van der Waals surface area contributed by atoms with Gasteiger partial charge >= 0.3 is 11.9 Å². The lowest BCUT2D eigenvalue weighted by molar-refractivity contribution is -0.114. The molecule has 0 bridgehead atoms. The minimum absolute atomic E-state index is 0.0775. The molecule has 0 unspecified atom stereocenters. The second-order valence-corrected chi connectivity index (χ2v) is 5.15. The fourth-order valence-electron chi connectivity index (χ4n) is 2.27. The highest BCUT2D eigenvalue weighted by Gasteiger charge is 2.30. The van der Waals surface area contributed by atoms with Crippen molar-refractivity contribution in [3.8, 4) is 0 Å². The quantitative estimate of drug-likeness (QED) is 0.666. The Kier molecular flexibility index (Phi) is 3.83. The molecule has 24 heavy (non-hydrogen) atoms. The predicted octanol–water partition coefficient (Wildman–Crippen LogP) is 2.21. The summed E-state index contributed by atoms with van der Waals surface area (Å²) in [4.78, 5) is 46.1. The topological polar surface area (TPSA) is 102 Å². The van der Waals surface area contributed by atoms with E-state index in [1.54, 1.807) is 24.3 Å². The van der Waals surface area contributed by atoms with Crippen molar-refractivity contribution in [2.24, 2.45) is 0 Å². The highest BCUT2D eigenvalue weighted by Crippen LogP contribution is 2.22. The predicted molar refractivity (Wildman–Crippen MR) is 84.9 cm³/mol. The lowest BCUT2D eigenvalue weighted by Gasteiger charge is -2.07. The summed E-state index contributed by atoms with van der Waals surface area (Å²) in [5.74, 6) is -2.09. The Labute approximate surface area is 136 Å². The van der Waals surface area contributed by atoms with Crippen LogP contribution in [0.25, 0.3) is 0 Å². The molecule has 0 fully saturated rings. The maximum Gasteiger partial charge on any atom is 0.346 e. The molecule has 2 aromatic carbocycles. The van der Waals surface area contributed by atoms with Crippen molar-refractivity contribution in [2.75, 3.05) is 10.6 Å². The number of carbonyl (C=O) groups excluding carboxylic acids is 4. The molecule has 0 atom stereocenters. The van der Waals surface area contributed by atoms with E-state index in [9.17, 15) is 19.2 Å². The number of esters is 2. The van der Waals surface area contributed by atoms with Crippen molar-refractivity contribution in [1.29, 1.82) is 0 Å². The third-order valence-electron chi connectivity index (χ3n) is 3.37. The zero-order chi connectivity index (χ0) is 17.3. The average Bonchev–Trinajstić information content (AvgIpc) is 2.83. The number of ether oxygens (including phenoxy) is 1. The van der Waals surface area contributed by atoms with E-state index in [1.807, 2.05) is 0 Å². The van der Waals surface area contributed by atoms with Gasteiger partial charge in [0.25, 0.3) is 5.91 Å². The maximum absolute atomic E-state index is 12.2. The largest absolute Gasteiger partial charge is 0.386 e. The number of anilines is 2. The van der Waals surface area contributed by atoms with Gasteiger partial charge in [0.05, 0.1) is 11.1 Å². The van der Waals surface area contributed by atoms with Crippen molar-refractivity contribution in [1.82, 2.24) is 0 Å². The van der Waals surface area contributed by atoms with E-state index in [0.717, 1.165) is 0 Å². The molecule has 0 spiro atoms. The average molecular weight is 324 g/mol. The Morgan fingerprint density at radius 2 is 1.42 bits per heavy atom. The summed E-state index contributed by atoms with van der Waals surface area (Å²) >= 11 is 0. The normalized spacial score (nSPS) is 12.4. The summed E-state index contributed by atoms with van der Waals surface area (Å²) in [5.41, 5.74) is 1.59. The number of carbonyl (C=O) groups is 4. The van der Waals surface area contributed by atoms with Crippen LogP contribution in [0.15, 0.2) is 42.5 Å². The first-order chi connectivity index (χ1) is 11.4. The molecule has 0 aliphatic carbocycles. The molecule has 1 heterocycles. The molecule has 2 aromatic rings. The fourth-order valence-corrected chi connectivity index (χ4v) is 2.27. The van der Waals surface area contributed by atoms with Crippen molar-refractivity contribution in [2.45, 2.75) is 6.92 Å². The van der Waals surface area contributed by atoms with Gasteiger partial charge in [-0.25, -0.2) is 9.59 Å². The molecule has 7 nitrogen and oxygen atoms in total. The highest BCUT2D eigenvalue weighted by atomic mass is 16.6. The third-order valence-corrected chi connectivity index (χ3v) is 3.37. The first kappa shape index (κ1) is 15.4. The zero-order valence-electron chi connectivity index (χ0n) is 12.6. The SMILES string of the molecule is CC(=O)Nc1ccc(NC(=O)c2ccc3c(c2)C(=O)OC3=O)cc1. The molecule has 0 radical (unpaired) electrons. The van der Waals surface area contributed by atoms with Crippen molar-refractivity contribution in [3.63, 3.8) is 0 Å². The van der Waals surface area contributed by atoms with Crippen LogP contribution in [0.4, 0.5) is 11.4 Å². The lowest BCUT2D eigenvalue weighted by Crippen LogP contribution is -2.13. The number of amides is 2. The molecule has 2 amide bonds. The molecule has 120 valence electrons. The van der Waals surface area contributed by atoms with Gasteiger partial charge in [0, 0.05) is 23.9 Å². The van der Waals surface area contributed by atoms with Gasteiger partial charge in [-0.1, -0.05) is 0 Å². The number of hydrogen-bond donors (Lipinski definition) is 2. The van der Waals surface area contributed by atoms with Crippen LogP contribution in [-0.4, -0.2) is 23.8 Å². The first-order valence-electron chi connectivity index (χ1n) is 7.03. The number of benzene rings is 2. The number of rotatable bonds is 3. The summed E-state index contributed by atoms with van der Waals surface area (Å²) in [7, 11) is 0. The van der Waals surface area contributed by atoms with E-state index in [4.69, 9.17) is 0 Å². The highest BCUT2D eigenvalue weighted by molar-refractivity contribution is 6.16. The van der Waals surface area contributed by atoms with Crippen molar-refractivity contribution in [3.05, 3.63) is 59.2 Å². The minimum atomic E-state index is -0.760. The summed E-state index contributed by atoms with van der Waals surface area (Å²) in [6.07, 6.45) is 0. The molecule has 7 heteroatoms. The Bertz CT molecular complexity index is 871. The number of cyclic esters (lactones) is 2. The number of nitrogens with one attached hydrogen (secondary N) is 2. The number of fused-ring (bicyclic) bond motifs is 1. The van der Waals surface area contributed by atoms with Crippen molar-refractivity contribution >= 4 is 35.1 Å². The van der Waals surface area contributed by atoms with Crippen LogP contribution in [0.3, 0.4) is 0 Å². The van der Waals surface area contributed by atoms with Crippen LogP contribution in [0, 0.1) is 0 Å². The molecule has 1 aliphatic rings. The zero-order valence-corrected chi connectivity index (χ0v) is 12.6. The Balaban J connectivity index is 1.76. The molecular formula is C17H12N2O5. The summed E-state index contributed by atoms with van der Waals surface area (Å²) in [6, 6.07) is 10.7. The molecule has 0 saturated carbocycles. The van der Waals surface area contributed by atoms with E-state index in [2.05, 4.69) is 15.4 Å². The first-order valence-corrected chi connectivity index (χ1v) is 7.03. The van der Waals surface area contributed by atoms with E-state index in [1.165, 1.54) is 25.1 Å². The smallest absolute Gasteiger partial charge is 0.346 e. The van der Waals surface area contributed by atoms with Gasteiger partial charge in [0.15, 0.2) is 0 Å². The molecular weight excluding hydrogens is 312 g/mol. The van der Waals surface area contributed by atoms with Gasteiger partial charge in [-0.3, -0.25) is 9.59 Å². The Hall–Kier alpha value is -3.48. The van der Waals surface area contributed by atoms with Gasteiger partial charge in [-0.15, -0.1) is 0 Å². The van der Waals surface area contributed by atoms with Crippen LogP contribution >= 0.6 is 0 Å². The van der Waals surface area contributed by atoms with E-state index in [-0.39, 0.29) is 22.6 Å². The lowest BCUT2D eigenvalue weighted by atomic mass is 10.1. The van der Waals surface area contributed by atoms with Crippen LogP contribution in [0.2, 0.25) is 0 Å². The van der Waals surface area contributed by atoms with Gasteiger partial charge in [0.1, 0.15) is 0 Å². The summed E-state index contributed by atoms with van der Waals surface area (Å²) in [6.45, 7) is 1.40. The van der Waals surface area contributed by atoms with Crippen LogP contribution in [0.5, 0.6) is 0 Å². The molecule has 3 rings (SSSR count). The van der Waals surface area contributed by atoms with Gasteiger partial charge in [-0.05, 0) is 42.5 Å². The third kappa shape index (κ3) is 3.00. The Morgan fingerprint density at radius 1 is 0.833 bits per heavy atom. The maximum atomic E-state index is 12.2. The molecule has 0 saturated heterocycles. The number of hydrogen-bond acceptors (Lipinski definition) is 5. The van der Waals surface area contributed by atoms with Gasteiger partial charge in [0.2, 0.25) is 5.91 Å².